The van der Waals surface area contributed by atoms with E-state index in [9.17, 15) is 0 Å². The van der Waals surface area contributed by atoms with Gasteiger partial charge in [0.2, 0.25) is 0 Å². The molecule has 0 N–H and O–H groups in total. The summed E-state index contributed by atoms with van der Waals surface area (Å²) >= 11 is 0. The Kier molecular flexibility index (Phi) is 3.50. The molecule has 110 valence electrons. The Balaban J connectivity index is 2.22. The van der Waals surface area contributed by atoms with Crippen LogP contribution >= 0.6 is 0 Å². The number of hydrogen-bond donors (Lipinski definition) is 0. The first kappa shape index (κ1) is 13.8. The molecule has 1 aliphatic rings. The van der Waals surface area contributed by atoms with Crippen LogP contribution in [0.15, 0.2) is 30.3 Å². The van der Waals surface area contributed by atoms with Crippen LogP contribution in [0.25, 0.3) is 11.1 Å². The summed E-state index contributed by atoms with van der Waals surface area (Å²) in [5.74, 6) is 2.84. The molecule has 1 aliphatic carbocycles. The molecule has 1 unspecified atom stereocenters. The van der Waals surface area contributed by atoms with Gasteiger partial charge in [0.1, 0.15) is 5.75 Å². The van der Waals surface area contributed by atoms with Crippen LogP contribution in [-0.2, 0) is 0 Å². The lowest BCUT2D eigenvalue weighted by Crippen LogP contribution is -1.97. The van der Waals surface area contributed by atoms with Crippen molar-refractivity contribution >= 4 is 0 Å². The summed E-state index contributed by atoms with van der Waals surface area (Å²) in [6.45, 7) is 2.21. The second-order valence-electron chi connectivity index (χ2n) is 5.21. The van der Waals surface area contributed by atoms with E-state index < -0.39 is 0 Å². The Morgan fingerprint density at radius 1 is 0.810 bits per heavy atom. The van der Waals surface area contributed by atoms with Gasteiger partial charge in [0.25, 0.3) is 0 Å². The molecule has 0 spiro atoms. The molecule has 0 saturated heterocycles. The first-order chi connectivity index (χ1) is 10.2. The van der Waals surface area contributed by atoms with Crippen LogP contribution < -0.4 is 14.2 Å². The van der Waals surface area contributed by atoms with Crippen molar-refractivity contribution in [3.8, 4) is 28.4 Å². The van der Waals surface area contributed by atoms with Crippen molar-refractivity contribution in [3.05, 3.63) is 41.5 Å². The lowest BCUT2D eigenvalue weighted by molar-refractivity contribution is 0.354. The Bertz CT molecular complexity index is 676. The number of hydrogen-bond acceptors (Lipinski definition) is 3. The van der Waals surface area contributed by atoms with E-state index in [4.69, 9.17) is 14.2 Å². The molecule has 0 radical (unpaired) electrons. The third-order valence-electron chi connectivity index (χ3n) is 4.26. The van der Waals surface area contributed by atoms with Gasteiger partial charge in [-0.05, 0) is 52.9 Å². The zero-order valence-electron chi connectivity index (χ0n) is 12.9. The van der Waals surface area contributed by atoms with Crippen molar-refractivity contribution in [2.45, 2.75) is 19.3 Å². The minimum absolute atomic E-state index is 0.380. The summed E-state index contributed by atoms with van der Waals surface area (Å²) in [5, 5.41) is 0. The van der Waals surface area contributed by atoms with Crippen molar-refractivity contribution < 1.29 is 14.2 Å². The maximum absolute atomic E-state index is 5.45. The standard InChI is InChI=1S/C18H20O3/c1-5-12-14-8-11(19-2)6-7-13(14)16-10-18(21-4)17(20-3)9-15(12)16/h6-10,12H,5H2,1-4H3. The van der Waals surface area contributed by atoms with Gasteiger partial charge in [-0.2, -0.15) is 0 Å². The highest BCUT2D eigenvalue weighted by atomic mass is 16.5. The smallest absolute Gasteiger partial charge is 0.161 e. The van der Waals surface area contributed by atoms with Crippen LogP contribution in [0.1, 0.15) is 30.4 Å². The van der Waals surface area contributed by atoms with E-state index in [1.807, 2.05) is 6.07 Å². The lowest BCUT2D eigenvalue weighted by atomic mass is 9.94. The van der Waals surface area contributed by atoms with Crippen LogP contribution in [0, 0.1) is 0 Å². The monoisotopic (exact) mass is 284 g/mol. The quantitative estimate of drug-likeness (QED) is 0.840. The fourth-order valence-electron chi connectivity index (χ4n) is 3.22. The molecule has 3 heteroatoms. The molecule has 3 nitrogen and oxygen atoms in total. The number of benzene rings is 2. The molecule has 0 aromatic heterocycles. The predicted octanol–water partition coefficient (Wildman–Crippen LogP) is 4.23. The van der Waals surface area contributed by atoms with Crippen molar-refractivity contribution in [1.29, 1.82) is 0 Å². The van der Waals surface area contributed by atoms with Gasteiger partial charge >= 0.3 is 0 Å². The summed E-state index contributed by atoms with van der Waals surface area (Å²) in [6, 6.07) is 10.5. The molecule has 21 heavy (non-hydrogen) atoms. The normalized spacial score (nSPS) is 15.3. The highest BCUT2D eigenvalue weighted by Crippen LogP contribution is 2.50. The molecule has 0 heterocycles. The van der Waals surface area contributed by atoms with Gasteiger partial charge in [0, 0.05) is 5.92 Å². The molecule has 0 bridgehead atoms. The number of rotatable bonds is 4. The molecular formula is C18H20O3. The Hall–Kier alpha value is -2.16. The summed E-state index contributed by atoms with van der Waals surface area (Å²) in [6.07, 6.45) is 1.04. The minimum Gasteiger partial charge on any atom is -0.497 e. The number of fused-ring (bicyclic) bond motifs is 3. The largest absolute Gasteiger partial charge is 0.497 e. The fraction of sp³-hybridized carbons (Fsp3) is 0.333. The first-order valence-corrected chi connectivity index (χ1v) is 7.17. The topological polar surface area (TPSA) is 27.7 Å². The van der Waals surface area contributed by atoms with E-state index in [2.05, 4.69) is 31.2 Å². The maximum atomic E-state index is 5.45. The Labute approximate surface area is 125 Å². The van der Waals surface area contributed by atoms with Crippen molar-refractivity contribution in [2.24, 2.45) is 0 Å². The Morgan fingerprint density at radius 3 is 2.10 bits per heavy atom. The molecule has 2 aromatic carbocycles. The number of ether oxygens (including phenoxy) is 3. The van der Waals surface area contributed by atoms with Crippen molar-refractivity contribution in [2.75, 3.05) is 21.3 Å². The van der Waals surface area contributed by atoms with Gasteiger partial charge in [-0.15, -0.1) is 0 Å². The predicted molar refractivity (Wildman–Crippen MR) is 83.7 cm³/mol. The second-order valence-corrected chi connectivity index (χ2v) is 5.21. The van der Waals surface area contributed by atoms with Crippen molar-refractivity contribution in [3.63, 3.8) is 0 Å². The maximum Gasteiger partial charge on any atom is 0.161 e. The Morgan fingerprint density at radius 2 is 1.48 bits per heavy atom. The summed E-state index contributed by atoms with van der Waals surface area (Å²) in [4.78, 5) is 0. The van der Waals surface area contributed by atoms with Gasteiger partial charge < -0.3 is 14.2 Å². The van der Waals surface area contributed by atoms with E-state index in [0.717, 1.165) is 23.7 Å². The molecule has 0 fully saturated rings. The zero-order chi connectivity index (χ0) is 15.0. The molecule has 2 aromatic rings. The van der Waals surface area contributed by atoms with Crippen LogP contribution in [0.4, 0.5) is 0 Å². The summed E-state index contributed by atoms with van der Waals surface area (Å²) in [7, 11) is 5.05. The highest BCUT2D eigenvalue weighted by molar-refractivity contribution is 5.81. The summed E-state index contributed by atoms with van der Waals surface area (Å²) in [5.41, 5.74) is 5.12. The van der Waals surface area contributed by atoms with Gasteiger partial charge in [-0.1, -0.05) is 13.0 Å². The highest BCUT2D eigenvalue weighted by Gasteiger charge is 2.29. The second kappa shape index (κ2) is 5.32. The summed E-state index contributed by atoms with van der Waals surface area (Å²) < 4.78 is 16.3. The van der Waals surface area contributed by atoms with Crippen molar-refractivity contribution in [1.82, 2.24) is 0 Å². The average Bonchev–Trinajstić information content (AvgIpc) is 2.84. The molecule has 1 atom stereocenters. The zero-order valence-corrected chi connectivity index (χ0v) is 12.9. The fourth-order valence-corrected chi connectivity index (χ4v) is 3.22. The molecule has 0 aliphatic heterocycles. The van der Waals surface area contributed by atoms with E-state index >= 15 is 0 Å². The molecular weight excluding hydrogens is 264 g/mol. The van der Waals surface area contributed by atoms with Gasteiger partial charge in [0.15, 0.2) is 11.5 Å². The molecule has 0 saturated carbocycles. The third kappa shape index (κ3) is 2.04. The minimum atomic E-state index is 0.380. The van der Waals surface area contributed by atoms with Crippen LogP contribution in [0.5, 0.6) is 17.2 Å². The van der Waals surface area contributed by atoms with E-state index in [-0.39, 0.29) is 0 Å². The van der Waals surface area contributed by atoms with E-state index in [0.29, 0.717) is 5.92 Å². The molecule has 0 amide bonds. The van der Waals surface area contributed by atoms with Crippen LogP contribution in [-0.4, -0.2) is 21.3 Å². The third-order valence-corrected chi connectivity index (χ3v) is 4.26. The van der Waals surface area contributed by atoms with Crippen LogP contribution in [0.2, 0.25) is 0 Å². The molecule has 3 rings (SSSR count). The van der Waals surface area contributed by atoms with E-state index in [1.54, 1.807) is 21.3 Å². The lowest BCUT2D eigenvalue weighted by Gasteiger charge is -2.14. The van der Waals surface area contributed by atoms with Crippen LogP contribution in [0.3, 0.4) is 0 Å². The van der Waals surface area contributed by atoms with Gasteiger partial charge in [0.05, 0.1) is 21.3 Å². The van der Waals surface area contributed by atoms with Gasteiger partial charge in [-0.3, -0.25) is 0 Å². The SMILES string of the molecule is CCC1c2cc(OC)ccc2-c2cc(OC)c(OC)cc21. The average molecular weight is 284 g/mol. The van der Waals surface area contributed by atoms with Gasteiger partial charge in [-0.25, -0.2) is 0 Å². The number of methoxy groups -OCH3 is 3. The first-order valence-electron chi connectivity index (χ1n) is 7.17. The van der Waals surface area contributed by atoms with E-state index in [1.165, 1.54) is 22.3 Å².